The summed E-state index contributed by atoms with van der Waals surface area (Å²) in [4.78, 5) is 28.0. The molecule has 158 valence electrons. The second kappa shape index (κ2) is 8.12. The summed E-state index contributed by atoms with van der Waals surface area (Å²) in [5.41, 5.74) is 2.84. The van der Waals surface area contributed by atoms with E-state index in [1.54, 1.807) is 30.3 Å². The number of nitrogens with one attached hydrogen (secondary N) is 1. The fourth-order valence-corrected chi connectivity index (χ4v) is 4.90. The number of halogens is 1. The summed E-state index contributed by atoms with van der Waals surface area (Å²) in [6.45, 7) is 3.20. The number of amides is 1. The molecule has 1 saturated heterocycles. The molecule has 1 N–H and O–H groups in total. The third-order valence-electron chi connectivity index (χ3n) is 6.28. The Morgan fingerprint density at radius 3 is 2.52 bits per heavy atom. The molecular formula is C25H24FN3O2. The van der Waals surface area contributed by atoms with Gasteiger partial charge in [0.05, 0.1) is 0 Å². The molecule has 2 aromatic carbocycles. The second-order valence-corrected chi connectivity index (χ2v) is 8.53. The first-order valence-corrected chi connectivity index (χ1v) is 10.6. The quantitative estimate of drug-likeness (QED) is 0.701. The lowest BCUT2D eigenvalue weighted by atomic mass is 9.83. The topological polar surface area (TPSA) is 54.3 Å². The fraction of sp³-hybridized carbons (Fsp3) is 0.280. The molecule has 5 nitrogen and oxygen atoms in total. The second-order valence-electron chi connectivity index (χ2n) is 8.53. The molecule has 2 unspecified atom stereocenters. The molecule has 0 radical (unpaired) electrons. The lowest BCUT2D eigenvalue weighted by molar-refractivity contribution is 0.102. The van der Waals surface area contributed by atoms with Crippen molar-refractivity contribution >= 4 is 11.6 Å². The molecule has 2 aliphatic rings. The minimum Gasteiger partial charge on any atom is -0.317 e. The Hall–Kier alpha value is -3.25. The highest BCUT2D eigenvalue weighted by Gasteiger charge is 2.35. The van der Waals surface area contributed by atoms with Crippen LogP contribution in [-0.4, -0.2) is 28.5 Å². The number of pyridine rings is 1. The van der Waals surface area contributed by atoms with Gasteiger partial charge in [-0.05, 0) is 54.3 Å². The molecule has 1 aromatic heterocycles. The zero-order valence-electron chi connectivity index (χ0n) is 17.1. The van der Waals surface area contributed by atoms with Crippen LogP contribution < -0.4 is 10.9 Å². The maximum absolute atomic E-state index is 13.2. The number of nitrogens with zero attached hydrogens (tertiary/aromatic N) is 2. The van der Waals surface area contributed by atoms with Crippen LogP contribution in [0.25, 0.3) is 0 Å². The van der Waals surface area contributed by atoms with Gasteiger partial charge in [-0.2, -0.15) is 0 Å². The van der Waals surface area contributed by atoms with E-state index in [2.05, 4.69) is 10.2 Å². The number of rotatable bonds is 4. The van der Waals surface area contributed by atoms with Crippen molar-refractivity contribution in [2.45, 2.75) is 25.4 Å². The van der Waals surface area contributed by atoms with Gasteiger partial charge in [-0.1, -0.05) is 30.3 Å². The van der Waals surface area contributed by atoms with Crippen molar-refractivity contribution in [2.24, 2.45) is 5.92 Å². The van der Waals surface area contributed by atoms with E-state index in [9.17, 15) is 14.0 Å². The minimum absolute atomic E-state index is 0.136. The molecule has 0 aliphatic carbocycles. The Bertz CT molecular complexity index is 1160. The summed E-state index contributed by atoms with van der Waals surface area (Å²) in [5, 5.41) is 2.77. The van der Waals surface area contributed by atoms with Crippen LogP contribution in [0.15, 0.2) is 71.5 Å². The smallest absolute Gasteiger partial charge is 0.274 e. The predicted octanol–water partition coefficient (Wildman–Crippen LogP) is 3.86. The fourth-order valence-electron chi connectivity index (χ4n) is 4.90. The Balaban J connectivity index is 1.34. The van der Waals surface area contributed by atoms with Gasteiger partial charge in [-0.3, -0.25) is 14.5 Å². The van der Waals surface area contributed by atoms with E-state index in [1.165, 1.54) is 12.1 Å². The van der Waals surface area contributed by atoms with Crippen molar-refractivity contribution in [2.75, 3.05) is 18.4 Å². The van der Waals surface area contributed by atoms with Gasteiger partial charge in [0.15, 0.2) is 0 Å². The van der Waals surface area contributed by atoms with Crippen LogP contribution >= 0.6 is 0 Å². The Kier molecular flexibility index (Phi) is 5.16. The normalized spacial score (nSPS) is 20.2. The van der Waals surface area contributed by atoms with Gasteiger partial charge in [0.2, 0.25) is 0 Å². The maximum atomic E-state index is 13.2. The Labute approximate surface area is 180 Å². The van der Waals surface area contributed by atoms with E-state index in [0.29, 0.717) is 23.7 Å². The van der Waals surface area contributed by atoms with Crippen LogP contribution in [0.2, 0.25) is 0 Å². The number of carbonyl (C=O) groups excluding carboxylic acids is 1. The highest BCUT2D eigenvalue weighted by molar-refractivity contribution is 6.04. The largest absolute Gasteiger partial charge is 0.317 e. The minimum atomic E-state index is -0.278. The van der Waals surface area contributed by atoms with Crippen LogP contribution in [-0.2, 0) is 13.1 Å². The lowest BCUT2D eigenvalue weighted by Crippen LogP contribution is -2.47. The van der Waals surface area contributed by atoms with Gasteiger partial charge in [0.25, 0.3) is 11.5 Å². The predicted molar refractivity (Wildman–Crippen MR) is 118 cm³/mol. The maximum Gasteiger partial charge on any atom is 0.274 e. The number of likely N-dealkylation sites (tertiary alicyclic amines) is 1. The average Bonchev–Trinajstić information content (AvgIpc) is 2.78. The number of fused-ring (bicyclic) bond motifs is 4. The molecular weight excluding hydrogens is 393 g/mol. The molecule has 2 aliphatic heterocycles. The van der Waals surface area contributed by atoms with Crippen molar-refractivity contribution in [3.8, 4) is 0 Å². The molecule has 5 rings (SSSR count). The number of benzene rings is 2. The molecule has 2 atom stereocenters. The number of hydrogen-bond donors (Lipinski definition) is 1. The molecule has 31 heavy (non-hydrogen) atoms. The first-order chi connectivity index (χ1) is 15.1. The Morgan fingerprint density at radius 2 is 1.74 bits per heavy atom. The van der Waals surface area contributed by atoms with Gasteiger partial charge in [-0.25, -0.2) is 4.39 Å². The molecule has 0 saturated carbocycles. The zero-order valence-corrected chi connectivity index (χ0v) is 17.1. The van der Waals surface area contributed by atoms with Crippen molar-refractivity contribution in [3.05, 3.63) is 99.7 Å². The number of aromatic nitrogens is 1. The number of hydrogen-bond acceptors (Lipinski definition) is 3. The van der Waals surface area contributed by atoms with E-state index < -0.39 is 0 Å². The van der Waals surface area contributed by atoms with E-state index in [-0.39, 0.29) is 23.2 Å². The SMILES string of the molecule is O=C(Nc1ccc2n(c1=O)CC1CC2CN(Cc2ccc(F)cc2)C1)c1ccccc1. The summed E-state index contributed by atoms with van der Waals surface area (Å²) in [5.74, 6) is 0.159. The standard InChI is InChI=1S/C25H24FN3O2/c26-21-8-6-17(7-9-21)13-28-14-18-12-20(16-28)23-11-10-22(25(31)29(23)15-18)27-24(30)19-4-2-1-3-5-19/h1-11,18,20H,12-16H2,(H,27,30). The van der Waals surface area contributed by atoms with E-state index >= 15 is 0 Å². The van der Waals surface area contributed by atoms with Crippen molar-refractivity contribution in [1.82, 2.24) is 9.47 Å². The highest BCUT2D eigenvalue weighted by Crippen LogP contribution is 2.36. The van der Waals surface area contributed by atoms with Gasteiger partial charge in [0, 0.05) is 43.4 Å². The van der Waals surface area contributed by atoms with Crippen molar-refractivity contribution < 1.29 is 9.18 Å². The molecule has 2 bridgehead atoms. The summed E-state index contributed by atoms with van der Waals surface area (Å²) in [6.07, 6.45) is 1.06. The van der Waals surface area contributed by atoms with Gasteiger partial charge < -0.3 is 9.88 Å². The van der Waals surface area contributed by atoms with E-state index in [0.717, 1.165) is 37.3 Å². The van der Waals surface area contributed by atoms with Crippen LogP contribution in [0.5, 0.6) is 0 Å². The van der Waals surface area contributed by atoms with Crippen LogP contribution in [0.3, 0.4) is 0 Å². The third-order valence-corrected chi connectivity index (χ3v) is 6.28. The number of anilines is 1. The van der Waals surface area contributed by atoms with E-state index in [1.807, 2.05) is 28.8 Å². The molecule has 1 fully saturated rings. The number of piperidine rings is 1. The summed E-state index contributed by atoms with van der Waals surface area (Å²) >= 11 is 0. The van der Waals surface area contributed by atoms with Crippen LogP contribution in [0, 0.1) is 11.7 Å². The summed E-state index contributed by atoms with van der Waals surface area (Å²) < 4.78 is 15.0. The highest BCUT2D eigenvalue weighted by atomic mass is 19.1. The molecule has 1 amide bonds. The van der Waals surface area contributed by atoms with Gasteiger partial charge in [0.1, 0.15) is 11.5 Å². The number of carbonyl (C=O) groups is 1. The van der Waals surface area contributed by atoms with E-state index in [4.69, 9.17) is 0 Å². The average molecular weight is 417 g/mol. The molecule has 3 heterocycles. The molecule has 0 spiro atoms. The summed E-state index contributed by atoms with van der Waals surface area (Å²) in [6, 6.07) is 19.3. The summed E-state index contributed by atoms with van der Waals surface area (Å²) in [7, 11) is 0. The van der Waals surface area contributed by atoms with Crippen molar-refractivity contribution in [1.29, 1.82) is 0 Å². The first kappa shape index (κ1) is 19.7. The lowest BCUT2D eigenvalue weighted by Gasteiger charge is -2.43. The van der Waals surface area contributed by atoms with Gasteiger partial charge >= 0.3 is 0 Å². The third kappa shape index (κ3) is 4.03. The molecule has 6 heteroatoms. The molecule has 3 aromatic rings. The van der Waals surface area contributed by atoms with Crippen LogP contribution in [0.1, 0.15) is 34.0 Å². The van der Waals surface area contributed by atoms with Crippen molar-refractivity contribution in [3.63, 3.8) is 0 Å². The Morgan fingerprint density at radius 1 is 0.968 bits per heavy atom. The first-order valence-electron chi connectivity index (χ1n) is 10.6. The zero-order chi connectivity index (χ0) is 21.4. The monoisotopic (exact) mass is 417 g/mol. The van der Waals surface area contributed by atoms with Crippen LogP contribution in [0.4, 0.5) is 10.1 Å². The van der Waals surface area contributed by atoms with Gasteiger partial charge in [-0.15, -0.1) is 0 Å².